The molecule has 0 aliphatic heterocycles. The third kappa shape index (κ3) is 4.02. The highest BCUT2D eigenvalue weighted by Crippen LogP contribution is 2.21. The summed E-state index contributed by atoms with van der Waals surface area (Å²) in [6.45, 7) is 7.91. The third-order valence-corrected chi connectivity index (χ3v) is 3.72. The zero-order chi connectivity index (χ0) is 17.7. The van der Waals surface area contributed by atoms with Gasteiger partial charge in [-0.1, -0.05) is 17.7 Å². The van der Waals surface area contributed by atoms with Crippen molar-refractivity contribution in [1.29, 1.82) is 0 Å². The molecule has 0 aliphatic carbocycles. The van der Waals surface area contributed by atoms with E-state index < -0.39 is 5.91 Å². The predicted octanol–water partition coefficient (Wildman–Crippen LogP) is 3.87. The maximum absolute atomic E-state index is 11.3. The number of terminal acetylenes is 1. The molecule has 0 saturated carbocycles. The number of fused-ring (bicyclic) bond motifs is 1. The first-order valence-corrected chi connectivity index (χ1v) is 7.66. The van der Waals surface area contributed by atoms with Crippen molar-refractivity contribution in [3.05, 3.63) is 59.1 Å². The number of amides is 1. The summed E-state index contributed by atoms with van der Waals surface area (Å²) in [7, 11) is 0. The molecule has 2 aromatic rings. The minimum atomic E-state index is -0.450. The lowest BCUT2D eigenvalue weighted by atomic mass is 10.1. The fourth-order valence-corrected chi connectivity index (χ4v) is 2.23. The van der Waals surface area contributed by atoms with Crippen LogP contribution < -0.4 is 5.32 Å². The predicted molar refractivity (Wildman–Crippen MR) is 99.0 cm³/mol. The normalized spacial score (nSPS) is 11.5. The molecule has 2 rings (SSSR count). The maximum Gasteiger partial charge on any atom is 0.300 e. The number of aryl methyl sites for hydroxylation is 1. The van der Waals surface area contributed by atoms with E-state index in [-0.39, 0.29) is 0 Å². The summed E-state index contributed by atoms with van der Waals surface area (Å²) >= 11 is 0. The van der Waals surface area contributed by atoms with Crippen LogP contribution in [0.15, 0.2) is 48.0 Å². The number of hydrogen-bond donors (Lipinski definition) is 2. The fraction of sp³-hybridized carbons (Fsp3) is 0.200. The summed E-state index contributed by atoms with van der Waals surface area (Å²) in [6, 6.07) is 2.12. The van der Waals surface area contributed by atoms with Gasteiger partial charge in [-0.3, -0.25) is 4.79 Å². The van der Waals surface area contributed by atoms with Crippen LogP contribution in [0.3, 0.4) is 0 Å². The number of aromatic nitrogens is 2. The highest BCUT2D eigenvalue weighted by Gasteiger charge is 2.03. The van der Waals surface area contributed by atoms with Gasteiger partial charge in [0.05, 0.1) is 0 Å². The van der Waals surface area contributed by atoms with Gasteiger partial charge in [0, 0.05) is 23.5 Å². The fourth-order valence-electron chi connectivity index (χ4n) is 2.23. The first-order valence-electron chi connectivity index (χ1n) is 7.66. The number of carbonyl (C=O) groups excluding carboxylic acids is 1. The van der Waals surface area contributed by atoms with E-state index in [1.807, 2.05) is 51.4 Å². The van der Waals surface area contributed by atoms with Crippen LogP contribution in [0, 0.1) is 19.3 Å². The molecule has 0 atom stereocenters. The number of nitrogens with one attached hydrogen (secondary N) is 2. The van der Waals surface area contributed by atoms with Gasteiger partial charge in [-0.05, 0) is 62.5 Å². The van der Waals surface area contributed by atoms with Crippen LogP contribution >= 0.6 is 0 Å². The lowest BCUT2D eigenvalue weighted by Gasteiger charge is -2.04. The van der Waals surface area contributed by atoms with E-state index in [4.69, 9.17) is 6.42 Å². The Morgan fingerprint density at radius 3 is 2.79 bits per heavy atom. The van der Waals surface area contributed by atoms with Crippen molar-refractivity contribution in [3.63, 3.8) is 0 Å². The molecule has 0 aromatic carbocycles. The Hall–Kier alpha value is -3.06. The van der Waals surface area contributed by atoms with Gasteiger partial charge in [-0.2, -0.15) is 0 Å². The van der Waals surface area contributed by atoms with Gasteiger partial charge in [0.25, 0.3) is 5.91 Å². The zero-order valence-electron chi connectivity index (χ0n) is 14.4. The topological polar surface area (TPSA) is 57.8 Å². The highest BCUT2D eigenvalue weighted by molar-refractivity contribution is 5.94. The Bertz CT molecular complexity index is 901. The number of rotatable bonds is 4. The number of aromatic amines is 1. The molecule has 0 bridgehead atoms. The second-order valence-corrected chi connectivity index (χ2v) is 5.81. The van der Waals surface area contributed by atoms with E-state index in [0.717, 1.165) is 27.7 Å². The Labute approximate surface area is 142 Å². The first kappa shape index (κ1) is 17.3. The van der Waals surface area contributed by atoms with Gasteiger partial charge in [-0.25, -0.2) is 4.98 Å². The summed E-state index contributed by atoms with van der Waals surface area (Å²) < 4.78 is 0. The molecule has 0 radical (unpaired) electrons. The Morgan fingerprint density at radius 2 is 2.12 bits per heavy atom. The van der Waals surface area contributed by atoms with Crippen LogP contribution in [-0.4, -0.2) is 15.9 Å². The number of pyridine rings is 1. The molecule has 0 aliphatic rings. The van der Waals surface area contributed by atoms with E-state index in [9.17, 15) is 4.79 Å². The number of carbonyl (C=O) groups is 1. The lowest BCUT2D eigenvalue weighted by molar-refractivity contribution is -0.114. The van der Waals surface area contributed by atoms with Gasteiger partial charge < -0.3 is 10.3 Å². The second-order valence-electron chi connectivity index (χ2n) is 5.81. The average Bonchev–Trinajstić information content (AvgIpc) is 2.94. The molecule has 1 amide bonds. The van der Waals surface area contributed by atoms with Crippen LogP contribution in [0.25, 0.3) is 16.6 Å². The van der Waals surface area contributed by atoms with Crippen molar-refractivity contribution in [3.8, 4) is 12.3 Å². The van der Waals surface area contributed by atoms with Crippen LogP contribution in [0.1, 0.15) is 31.9 Å². The smallest absolute Gasteiger partial charge is 0.300 e. The van der Waals surface area contributed by atoms with E-state index in [0.29, 0.717) is 5.70 Å². The van der Waals surface area contributed by atoms with E-state index in [2.05, 4.69) is 34.2 Å². The minimum Gasteiger partial charge on any atom is -0.346 e. The number of nitrogens with zero attached hydrogens (tertiary/aromatic N) is 1. The number of hydrogen-bond acceptors (Lipinski definition) is 2. The van der Waals surface area contributed by atoms with Crippen molar-refractivity contribution < 1.29 is 4.79 Å². The average molecular weight is 319 g/mol. The summed E-state index contributed by atoms with van der Waals surface area (Å²) in [5.74, 6) is 1.60. The van der Waals surface area contributed by atoms with Gasteiger partial charge in [0.2, 0.25) is 0 Å². The summed E-state index contributed by atoms with van der Waals surface area (Å²) in [4.78, 5) is 18.9. The SMILES string of the molecule is C#CC(=O)NC(/C=C\C=C(/C)c1cnc2[nH]cc(C)c2c1)=C(C)C. The van der Waals surface area contributed by atoms with E-state index in [1.165, 1.54) is 5.56 Å². The summed E-state index contributed by atoms with van der Waals surface area (Å²) in [5.41, 5.74) is 5.89. The molecule has 4 nitrogen and oxygen atoms in total. The second kappa shape index (κ2) is 7.47. The van der Waals surface area contributed by atoms with Crippen molar-refractivity contribution in [2.75, 3.05) is 0 Å². The van der Waals surface area contributed by atoms with Crippen LogP contribution in [0.4, 0.5) is 0 Å². The molecule has 2 N–H and O–H groups in total. The monoisotopic (exact) mass is 319 g/mol. The molecule has 0 saturated heterocycles. The Balaban J connectivity index is 2.22. The van der Waals surface area contributed by atoms with Crippen LogP contribution in [0.5, 0.6) is 0 Å². The quantitative estimate of drug-likeness (QED) is 0.664. The number of H-pyrrole nitrogens is 1. The van der Waals surface area contributed by atoms with Crippen LogP contribution in [0.2, 0.25) is 0 Å². The third-order valence-electron chi connectivity index (χ3n) is 3.72. The molecule has 24 heavy (non-hydrogen) atoms. The molecule has 4 heteroatoms. The van der Waals surface area contributed by atoms with Gasteiger partial charge in [0.1, 0.15) is 5.65 Å². The van der Waals surface area contributed by atoms with Gasteiger partial charge >= 0.3 is 0 Å². The molecule has 0 unspecified atom stereocenters. The zero-order valence-corrected chi connectivity index (χ0v) is 14.4. The molecule has 2 aromatic heterocycles. The molecule has 0 fully saturated rings. The van der Waals surface area contributed by atoms with E-state index >= 15 is 0 Å². The van der Waals surface area contributed by atoms with Crippen molar-refractivity contribution in [1.82, 2.24) is 15.3 Å². The van der Waals surface area contributed by atoms with Gasteiger partial charge in [0.15, 0.2) is 0 Å². The lowest BCUT2D eigenvalue weighted by Crippen LogP contribution is -2.20. The minimum absolute atomic E-state index is 0.450. The molecule has 2 heterocycles. The largest absolute Gasteiger partial charge is 0.346 e. The van der Waals surface area contributed by atoms with E-state index in [1.54, 1.807) is 0 Å². The first-order chi connectivity index (χ1) is 11.4. The van der Waals surface area contributed by atoms with Crippen molar-refractivity contribution >= 4 is 22.5 Å². The number of allylic oxidation sites excluding steroid dienone is 5. The standard InChI is InChI=1S/C20H21N3O/c1-6-19(24)23-18(13(2)3)9-7-8-14(4)16-10-17-15(5)11-21-20(17)22-12-16/h1,7-12H,2-5H3,(H,21,22)(H,23,24)/b9-7-,14-8+. The molecular formula is C20H21N3O. The molecular weight excluding hydrogens is 298 g/mol. The highest BCUT2D eigenvalue weighted by atomic mass is 16.1. The van der Waals surface area contributed by atoms with Crippen LogP contribution in [-0.2, 0) is 4.79 Å². The summed E-state index contributed by atoms with van der Waals surface area (Å²) in [6.07, 6.45) is 14.6. The van der Waals surface area contributed by atoms with Gasteiger partial charge in [-0.15, -0.1) is 6.42 Å². The summed E-state index contributed by atoms with van der Waals surface area (Å²) in [5, 5.41) is 3.80. The Morgan fingerprint density at radius 1 is 1.38 bits per heavy atom. The Kier molecular flexibility index (Phi) is 5.39. The molecule has 0 spiro atoms. The maximum atomic E-state index is 11.3. The van der Waals surface area contributed by atoms with Crippen molar-refractivity contribution in [2.45, 2.75) is 27.7 Å². The van der Waals surface area contributed by atoms with Crippen molar-refractivity contribution in [2.24, 2.45) is 0 Å². The molecule has 122 valence electrons.